The fraction of sp³-hybridized carbons (Fsp3) is 0.278. The topological polar surface area (TPSA) is 31.2 Å². The van der Waals surface area contributed by atoms with Gasteiger partial charge in [0, 0.05) is 0 Å². The summed E-state index contributed by atoms with van der Waals surface area (Å²) in [5, 5.41) is 0.811. The molecule has 2 aromatic carbocycles. The van der Waals surface area contributed by atoms with Gasteiger partial charge in [0.15, 0.2) is 0 Å². The molecule has 0 aliphatic rings. The van der Waals surface area contributed by atoms with Gasteiger partial charge in [-0.2, -0.15) is 0 Å². The van der Waals surface area contributed by atoms with E-state index in [1.165, 1.54) is 5.56 Å². The Morgan fingerprint density at radius 1 is 1.09 bits per heavy atom. The second kappa shape index (κ2) is 5.45. The van der Waals surface area contributed by atoms with Crippen molar-refractivity contribution >= 4 is 24.4 Å². The van der Waals surface area contributed by atoms with Gasteiger partial charge < -0.3 is 0 Å². The Bertz CT molecular complexity index is 884. The summed E-state index contributed by atoms with van der Waals surface area (Å²) >= 11 is -0.0442. The third-order valence-corrected chi connectivity index (χ3v) is 6.06. The van der Waals surface area contributed by atoms with Crippen LogP contribution in [0, 0.1) is 0 Å². The molecule has 1 heterocycles. The Kier molecular flexibility index (Phi) is 3.75. The molecule has 0 amide bonds. The fourth-order valence-corrected chi connectivity index (χ4v) is 4.57. The normalized spacial score (nSPS) is 11.8. The maximum atomic E-state index is 12.7. The Labute approximate surface area is 136 Å². The average molecular weight is 360 g/mol. The van der Waals surface area contributed by atoms with Crippen LogP contribution in [0.4, 0.5) is 0 Å². The molecule has 22 heavy (non-hydrogen) atoms. The summed E-state index contributed by atoms with van der Waals surface area (Å²) in [6.07, 6.45) is 0. The first-order valence-electron chi connectivity index (χ1n) is 7.22. The van der Waals surface area contributed by atoms with Crippen LogP contribution in [-0.4, -0.2) is 25.4 Å². The Balaban J connectivity index is 2.29. The predicted molar refractivity (Wildman–Crippen MR) is 91.7 cm³/mol. The molecule has 4 heteroatoms. The first-order valence-corrected chi connectivity index (χ1v) is 8.84. The van der Waals surface area contributed by atoms with E-state index in [1.54, 1.807) is 7.11 Å². The zero-order valence-electron chi connectivity index (χ0n) is 13.2. The zero-order valence-corrected chi connectivity index (χ0v) is 14.9. The van der Waals surface area contributed by atoms with E-state index in [0.717, 1.165) is 21.1 Å². The van der Waals surface area contributed by atoms with E-state index < -0.39 is 0 Å². The van der Waals surface area contributed by atoms with E-state index in [1.807, 2.05) is 33.9 Å². The van der Waals surface area contributed by atoms with Crippen molar-refractivity contribution in [2.45, 2.75) is 26.2 Å². The van der Waals surface area contributed by atoms with E-state index >= 15 is 0 Å². The van der Waals surface area contributed by atoms with Crippen molar-refractivity contribution in [1.29, 1.82) is 0 Å². The molecule has 0 saturated heterocycles. The van der Waals surface area contributed by atoms with Gasteiger partial charge >= 0.3 is 136 Å². The minimum absolute atomic E-state index is 0.0314. The molecule has 0 fully saturated rings. The van der Waals surface area contributed by atoms with Crippen molar-refractivity contribution < 1.29 is 4.74 Å². The number of benzene rings is 2. The molecular formula is C18H19NO2Se. The number of aromatic nitrogens is 1. The third-order valence-electron chi connectivity index (χ3n) is 3.76. The molecule has 3 nitrogen and oxygen atoms in total. The van der Waals surface area contributed by atoms with Gasteiger partial charge in [-0.3, -0.25) is 0 Å². The zero-order chi connectivity index (χ0) is 15.9. The molecule has 0 aliphatic carbocycles. The summed E-state index contributed by atoms with van der Waals surface area (Å²) < 4.78 is 8.48. The Morgan fingerprint density at radius 2 is 1.82 bits per heavy atom. The average Bonchev–Trinajstić information content (AvgIpc) is 2.83. The Morgan fingerprint density at radius 3 is 2.45 bits per heavy atom. The number of ether oxygens (including phenoxy) is 1. The van der Waals surface area contributed by atoms with Crippen LogP contribution in [0.1, 0.15) is 26.3 Å². The summed E-state index contributed by atoms with van der Waals surface area (Å²) in [4.78, 5) is 12.7. The minimum atomic E-state index is -0.0442. The van der Waals surface area contributed by atoms with Gasteiger partial charge in [0.05, 0.1) is 0 Å². The van der Waals surface area contributed by atoms with Crippen molar-refractivity contribution in [3.8, 4) is 11.4 Å². The molecule has 0 N–H and O–H groups in total. The molecule has 3 rings (SSSR count). The molecule has 0 unspecified atom stereocenters. The van der Waals surface area contributed by atoms with Gasteiger partial charge in [0.25, 0.3) is 0 Å². The van der Waals surface area contributed by atoms with E-state index in [9.17, 15) is 4.79 Å². The molecule has 0 saturated carbocycles. The first-order chi connectivity index (χ1) is 10.4. The molecular weight excluding hydrogens is 341 g/mol. The summed E-state index contributed by atoms with van der Waals surface area (Å²) in [6.45, 7) is 6.51. The van der Waals surface area contributed by atoms with Crippen LogP contribution in [0.3, 0.4) is 0 Å². The molecule has 114 valence electrons. The van der Waals surface area contributed by atoms with E-state index in [4.69, 9.17) is 4.74 Å². The van der Waals surface area contributed by atoms with Gasteiger partial charge in [-0.25, -0.2) is 0 Å². The van der Waals surface area contributed by atoms with Gasteiger partial charge in [-0.15, -0.1) is 0 Å². The van der Waals surface area contributed by atoms with Crippen LogP contribution >= 0.6 is 0 Å². The molecule has 3 aromatic rings. The van der Waals surface area contributed by atoms with Gasteiger partial charge in [0.2, 0.25) is 0 Å². The van der Waals surface area contributed by atoms with Crippen molar-refractivity contribution in [3.05, 3.63) is 58.4 Å². The monoisotopic (exact) mass is 361 g/mol. The quantitative estimate of drug-likeness (QED) is 0.657. The Hall–Kier alpha value is -1.77. The van der Waals surface area contributed by atoms with Gasteiger partial charge in [-0.05, 0) is 0 Å². The van der Waals surface area contributed by atoms with Crippen LogP contribution < -0.4 is 10.3 Å². The third kappa shape index (κ3) is 2.53. The van der Waals surface area contributed by atoms with Crippen LogP contribution in [-0.2, 0) is 5.41 Å². The second-order valence-corrected chi connectivity index (χ2v) is 8.40. The van der Waals surface area contributed by atoms with Crippen LogP contribution in [0.2, 0.25) is 0 Å². The van der Waals surface area contributed by atoms with E-state index in [-0.39, 0.29) is 25.7 Å². The second-order valence-electron chi connectivity index (χ2n) is 6.32. The van der Waals surface area contributed by atoms with E-state index in [2.05, 4.69) is 32.9 Å². The number of rotatable bonds is 2. The first kappa shape index (κ1) is 15.1. The summed E-state index contributed by atoms with van der Waals surface area (Å²) in [5.74, 6) is 0.746. The number of hydrogen-bond acceptors (Lipinski definition) is 2. The standard InChI is InChI=1S/C18H19NO2Se/c1-18(2,3)12-9-10-15(21-4)14(11-12)19-17(20)13-7-5-6-8-16(13)22-19/h5-11H,1-4H3. The number of nitrogens with zero attached hydrogens (tertiary/aromatic N) is 1. The van der Waals surface area contributed by atoms with Gasteiger partial charge in [0.1, 0.15) is 0 Å². The molecule has 0 aliphatic heterocycles. The number of methoxy groups -OCH3 is 1. The van der Waals surface area contributed by atoms with Crippen LogP contribution in [0.15, 0.2) is 47.3 Å². The van der Waals surface area contributed by atoms with Crippen LogP contribution in [0.5, 0.6) is 5.75 Å². The molecule has 0 spiro atoms. The summed E-state index contributed by atoms with van der Waals surface area (Å²) in [5.41, 5.74) is 2.17. The predicted octanol–water partition coefficient (Wildman–Crippen LogP) is 3.35. The molecule has 0 bridgehead atoms. The van der Waals surface area contributed by atoms with Crippen molar-refractivity contribution in [2.24, 2.45) is 0 Å². The maximum absolute atomic E-state index is 12.7. The van der Waals surface area contributed by atoms with E-state index in [0.29, 0.717) is 0 Å². The van der Waals surface area contributed by atoms with Crippen molar-refractivity contribution in [3.63, 3.8) is 0 Å². The fourth-order valence-electron chi connectivity index (χ4n) is 2.45. The summed E-state index contributed by atoms with van der Waals surface area (Å²) in [7, 11) is 1.65. The van der Waals surface area contributed by atoms with Crippen LogP contribution in [0.25, 0.3) is 15.3 Å². The SMILES string of the molecule is COc1ccc(C(C)(C)C)cc1-n1[se]c2ccccc2c1=O. The number of hydrogen-bond donors (Lipinski definition) is 0. The summed E-state index contributed by atoms with van der Waals surface area (Å²) in [6, 6.07) is 14.0. The van der Waals surface area contributed by atoms with Gasteiger partial charge in [-0.1, -0.05) is 0 Å². The molecule has 1 aromatic heterocycles. The molecule has 0 atom stereocenters. The molecule has 0 radical (unpaired) electrons. The number of fused-ring (bicyclic) bond motifs is 1. The van der Waals surface area contributed by atoms with Crippen molar-refractivity contribution in [2.75, 3.05) is 7.11 Å². The van der Waals surface area contributed by atoms with Crippen molar-refractivity contribution in [1.82, 2.24) is 3.56 Å².